The molecule has 0 aromatic heterocycles. The highest BCUT2D eigenvalue weighted by atomic mass is 32.2. The fourth-order valence-corrected chi connectivity index (χ4v) is 5.25. The van der Waals surface area contributed by atoms with Gasteiger partial charge >= 0.3 is 0 Å². The second kappa shape index (κ2) is 8.10. The number of ether oxygens (including phenoxy) is 3. The monoisotopic (exact) mass is 426 g/mol. The van der Waals surface area contributed by atoms with Gasteiger partial charge in [-0.1, -0.05) is 36.4 Å². The van der Waals surface area contributed by atoms with Crippen LogP contribution in [0.4, 0.5) is 0 Å². The Morgan fingerprint density at radius 3 is 1.70 bits per heavy atom. The molecule has 0 amide bonds. The highest BCUT2D eigenvalue weighted by molar-refractivity contribution is 7.86. The molecule has 0 saturated heterocycles. The number of benzene rings is 3. The van der Waals surface area contributed by atoms with E-state index in [2.05, 4.69) is 0 Å². The van der Waals surface area contributed by atoms with Gasteiger partial charge in [0.15, 0.2) is 0 Å². The maximum absolute atomic E-state index is 13.6. The minimum atomic E-state index is -1.85. The van der Waals surface area contributed by atoms with E-state index >= 15 is 0 Å². The van der Waals surface area contributed by atoms with E-state index in [0.717, 1.165) is 0 Å². The summed E-state index contributed by atoms with van der Waals surface area (Å²) in [7, 11) is 1.24. The smallest absolute Gasteiger partial charge is 0.246 e. The molecular formula is C23H22O6S. The molecule has 0 spiro atoms. The van der Waals surface area contributed by atoms with Gasteiger partial charge in [0.1, 0.15) is 40.3 Å². The Hall–Kier alpha value is -2.87. The third-order valence-electron chi connectivity index (χ3n) is 5.23. The fraction of sp³-hybridized carbons (Fsp3) is 0.217. The van der Waals surface area contributed by atoms with Gasteiger partial charge < -0.3 is 24.4 Å². The zero-order valence-electron chi connectivity index (χ0n) is 16.5. The van der Waals surface area contributed by atoms with Crippen molar-refractivity contribution in [3.8, 4) is 17.2 Å². The van der Waals surface area contributed by atoms with Crippen LogP contribution in [0.15, 0.2) is 77.7 Å². The summed E-state index contributed by atoms with van der Waals surface area (Å²) in [5.74, 6) is 1.61. The lowest BCUT2D eigenvalue weighted by molar-refractivity contribution is -0.0707. The first-order valence-corrected chi connectivity index (χ1v) is 10.5. The van der Waals surface area contributed by atoms with E-state index in [1.165, 1.54) is 0 Å². The third kappa shape index (κ3) is 3.25. The van der Waals surface area contributed by atoms with Gasteiger partial charge in [0.25, 0.3) is 0 Å². The normalized spacial score (nSPS) is 21.9. The van der Waals surface area contributed by atoms with Crippen LogP contribution in [0.25, 0.3) is 0 Å². The molecule has 0 fully saturated rings. The molecule has 156 valence electrons. The molecule has 1 aliphatic heterocycles. The first-order valence-electron chi connectivity index (χ1n) is 9.35. The summed E-state index contributed by atoms with van der Waals surface area (Å²) >= 11 is 0. The predicted molar refractivity (Wildman–Crippen MR) is 112 cm³/mol. The lowest BCUT2D eigenvalue weighted by Gasteiger charge is -2.36. The van der Waals surface area contributed by atoms with Crippen LogP contribution >= 0.6 is 0 Å². The summed E-state index contributed by atoms with van der Waals surface area (Å²) in [5, 5.41) is 22.7. The van der Waals surface area contributed by atoms with Crippen LogP contribution < -0.4 is 14.2 Å². The Bertz CT molecular complexity index is 995. The average molecular weight is 426 g/mol. The minimum Gasteiger partial charge on any atom is -0.497 e. The van der Waals surface area contributed by atoms with E-state index in [1.54, 1.807) is 87.0 Å². The minimum absolute atomic E-state index is 0.371. The van der Waals surface area contributed by atoms with Crippen molar-refractivity contribution < 1.29 is 28.6 Å². The van der Waals surface area contributed by atoms with Crippen LogP contribution in [0, 0.1) is 0 Å². The van der Waals surface area contributed by atoms with Crippen molar-refractivity contribution >= 4 is 10.8 Å². The molecule has 2 unspecified atom stereocenters. The molecule has 6 nitrogen and oxygen atoms in total. The quantitative estimate of drug-likeness (QED) is 0.629. The number of hydrogen-bond acceptors (Lipinski definition) is 6. The number of fused-ring (bicyclic) bond motifs is 1. The van der Waals surface area contributed by atoms with Gasteiger partial charge in [-0.2, -0.15) is 0 Å². The molecule has 30 heavy (non-hydrogen) atoms. The topological polar surface area (TPSA) is 85.2 Å². The molecular weight excluding hydrogens is 404 g/mol. The Morgan fingerprint density at radius 2 is 1.27 bits per heavy atom. The molecule has 3 aromatic rings. The van der Waals surface area contributed by atoms with Crippen molar-refractivity contribution in [2.45, 2.75) is 22.0 Å². The lowest BCUT2D eigenvalue weighted by atomic mass is 9.94. The summed E-state index contributed by atoms with van der Waals surface area (Å²) in [6, 6.07) is 20.3. The fourth-order valence-electron chi connectivity index (χ4n) is 3.57. The maximum Gasteiger partial charge on any atom is 0.246 e. The summed E-state index contributed by atoms with van der Waals surface area (Å²) < 4.78 is 30.1. The number of aliphatic hydroxyl groups excluding tert-OH is 2. The number of para-hydroxylation sites is 1. The third-order valence-corrected chi connectivity index (χ3v) is 7.08. The van der Waals surface area contributed by atoms with Crippen molar-refractivity contribution in [1.82, 2.24) is 0 Å². The molecule has 1 aliphatic rings. The van der Waals surface area contributed by atoms with Crippen LogP contribution in [-0.2, 0) is 10.8 Å². The van der Waals surface area contributed by atoms with Crippen LogP contribution in [-0.4, -0.2) is 33.6 Å². The highest BCUT2D eigenvalue weighted by Gasteiger charge is 2.58. The van der Waals surface area contributed by atoms with E-state index in [-0.39, 0.29) is 0 Å². The Morgan fingerprint density at radius 1 is 0.800 bits per heavy atom. The number of hydrogen-bond donors (Lipinski definition) is 2. The van der Waals surface area contributed by atoms with E-state index in [4.69, 9.17) is 14.2 Å². The molecule has 0 aliphatic carbocycles. The molecule has 3 aromatic carbocycles. The number of aliphatic hydroxyl groups is 2. The van der Waals surface area contributed by atoms with E-state index in [9.17, 15) is 14.4 Å². The SMILES string of the molecule is COc1ccc([C@@H](O)C2([C@@H](O)c3ccc(OC)cc3)Oc3ccccc3S2=O)cc1. The summed E-state index contributed by atoms with van der Waals surface area (Å²) in [5.41, 5.74) is 0.897. The van der Waals surface area contributed by atoms with Crippen LogP contribution in [0.1, 0.15) is 23.3 Å². The Labute approximate surface area is 177 Å². The van der Waals surface area contributed by atoms with Crippen molar-refractivity contribution in [3.05, 3.63) is 83.9 Å². The van der Waals surface area contributed by atoms with Crippen LogP contribution in [0.5, 0.6) is 17.2 Å². The molecule has 7 heteroatoms. The Balaban J connectivity index is 1.81. The van der Waals surface area contributed by atoms with Gasteiger partial charge in [0.05, 0.1) is 19.1 Å². The van der Waals surface area contributed by atoms with Crippen LogP contribution in [0.3, 0.4) is 0 Å². The molecule has 0 radical (unpaired) electrons. The number of methoxy groups -OCH3 is 2. The number of rotatable bonds is 6. The second-order valence-electron chi connectivity index (χ2n) is 6.89. The average Bonchev–Trinajstić information content (AvgIpc) is 3.11. The lowest BCUT2D eigenvalue weighted by Crippen LogP contribution is -2.48. The second-order valence-corrected chi connectivity index (χ2v) is 8.51. The maximum atomic E-state index is 13.6. The van der Waals surface area contributed by atoms with Gasteiger partial charge in [-0.15, -0.1) is 0 Å². The first kappa shape index (κ1) is 20.4. The van der Waals surface area contributed by atoms with E-state index < -0.39 is 27.9 Å². The standard InChI is InChI=1S/C23H22O6S/c1-27-17-11-7-15(8-12-17)21(24)23(22(25)16-9-13-18(28-2)14-10-16)29-19-5-3-4-6-20(19)30(23)26/h3-14,21-22,24-25H,1-2H3/t21-,22+,23?,30?. The molecule has 0 bridgehead atoms. The van der Waals surface area contributed by atoms with Gasteiger partial charge in [-0.25, -0.2) is 4.21 Å². The highest BCUT2D eigenvalue weighted by Crippen LogP contribution is 2.51. The largest absolute Gasteiger partial charge is 0.497 e. The molecule has 2 N–H and O–H groups in total. The molecule has 4 rings (SSSR count). The molecule has 0 saturated carbocycles. The van der Waals surface area contributed by atoms with Crippen molar-refractivity contribution in [1.29, 1.82) is 0 Å². The predicted octanol–water partition coefficient (Wildman–Crippen LogP) is 3.37. The zero-order valence-corrected chi connectivity index (χ0v) is 17.3. The first-order chi connectivity index (χ1) is 14.5. The van der Waals surface area contributed by atoms with Gasteiger partial charge in [-0.3, -0.25) is 0 Å². The summed E-state index contributed by atoms with van der Waals surface area (Å²) in [4.78, 5) is -1.40. The molecule has 1 heterocycles. The van der Waals surface area contributed by atoms with Crippen molar-refractivity contribution in [2.75, 3.05) is 14.2 Å². The summed E-state index contributed by atoms with van der Waals surface area (Å²) in [6.45, 7) is 0. The van der Waals surface area contributed by atoms with Gasteiger partial charge in [0, 0.05) is 0 Å². The van der Waals surface area contributed by atoms with E-state index in [1.807, 2.05) is 0 Å². The van der Waals surface area contributed by atoms with Gasteiger partial charge in [0.2, 0.25) is 4.93 Å². The van der Waals surface area contributed by atoms with Crippen molar-refractivity contribution in [3.63, 3.8) is 0 Å². The summed E-state index contributed by atoms with van der Waals surface area (Å²) in [6.07, 6.45) is -2.76. The molecule has 4 atom stereocenters. The van der Waals surface area contributed by atoms with Gasteiger partial charge in [-0.05, 0) is 47.5 Å². The van der Waals surface area contributed by atoms with Crippen LogP contribution in [0.2, 0.25) is 0 Å². The van der Waals surface area contributed by atoms with E-state index in [0.29, 0.717) is 33.3 Å². The zero-order chi connectivity index (χ0) is 21.3. The Kier molecular flexibility index (Phi) is 5.51. The van der Waals surface area contributed by atoms with Crippen molar-refractivity contribution in [2.24, 2.45) is 0 Å².